The summed E-state index contributed by atoms with van der Waals surface area (Å²) in [6, 6.07) is 7.33. The molecule has 1 N–H and O–H groups in total. The van der Waals surface area contributed by atoms with Crippen molar-refractivity contribution >= 4 is 10.9 Å². The van der Waals surface area contributed by atoms with E-state index in [-0.39, 0.29) is 0 Å². The summed E-state index contributed by atoms with van der Waals surface area (Å²) in [5.74, 6) is 0.975. The van der Waals surface area contributed by atoms with Crippen LogP contribution in [0.4, 0.5) is 0 Å². The lowest BCUT2D eigenvalue weighted by molar-refractivity contribution is 0.215. The smallest absolute Gasteiger partial charge is 0.0456 e. The molecule has 2 nitrogen and oxygen atoms in total. The lowest BCUT2D eigenvalue weighted by Crippen LogP contribution is -2.34. The van der Waals surface area contributed by atoms with E-state index >= 15 is 0 Å². The standard InChI is InChI=1S/C18H26N2/c1-13(2)20(12-15-5-6-15)9-8-16-11-19-18-7-4-14(3)10-17(16)18/h4,7,10-11,13,15,19H,5-6,8-9,12H2,1-3H3. The number of nitrogens with zero attached hydrogens (tertiary/aromatic N) is 1. The highest BCUT2D eigenvalue weighted by Crippen LogP contribution is 2.30. The molecule has 0 aliphatic heterocycles. The Labute approximate surface area is 122 Å². The number of rotatable bonds is 6. The fourth-order valence-corrected chi connectivity index (χ4v) is 2.96. The third kappa shape index (κ3) is 3.06. The number of H-pyrrole nitrogens is 1. The van der Waals surface area contributed by atoms with Crippen molar-refractivity contribution in [1.29, 1.82) is 0 Å². The van der Waals surface area contributed by atoms with Crippen LogP contribution in [-0.2, 0) is 6.42 Å². The molecule has 1 fully saturated rings. The van der Waals surface area contributed by atoms with Crippen LogP contribution < -0.4 is 0 Å². The van der Waals surface area contributed by atoms with Gasteiger partial charge in [-0.05, 0) is 63.6 Å². The van der Waals surface area contributed by atoms with Crippen molar-refractivity contribution in [3.63, 3.8) is 0 Å². The Bertz CT molecular complexity index is 578. The molecule has 20 heavy (non-hydrogen) atoms. The molecule has 0 saturated heterocycles. The lowest BCUT2D eigenvalue weighted by atomic mass is 10.1. The van der Waals surface area contributed by atoms with Gasteiger partial charge in [0, 0.05) is 36.2 Å². The van der Waals surface area contributed by atoms with Gasteiger partial charge in [-0.2, -0.15) is 0 Å². The predicted octanol–water partition coefficient (Wildman–Crippen LogP) is 4.14. The first kappa shape index (κ1) is 13.7. The molecule has 108 valence electrons. The molecule has 3 rings (SSSR count). The minimum atomic E-state index is 0.655. The number of fused-ring (bicyclic) bond motifs is 1. The molecule has 1 aliphatic rings. The molecule has 1 aliphatic carbocycles. The zero-order valence-corrected chi connectivity index (χ0v) is 12.9. The fraction of sp³-hybridized carbons (Fsp3) is 0.556. The molecule has 1 heterocycles. The van der Waals surface area contributed by atoms with Crippen molar-refractivity contribution in [2.24, 2.45) is 5.92 Å². The monoisotopic (exact) mass is 270 g/mol. The van der Waals surface area contributed by atoms with Crippen molar-refractivity contribution in [3.8, 4) is 0 Å². The van der Waals surface area contributed by atoms with Gasteiger partial charge in [-0.25, -0.2) is 0 Å². The molecular formula is C18H26N2. The van der Waals surface area contributed by atoms with Crippen LogP contribution in [0.5, 0.6) is 0 Å². The van der Waals surface area contributed by atoms with E-state index < -0.39 is 0 Å². The van der Waals surface area contributed by atoms with Gasteiger partial charge in [0.25, 0.3) is 0 Å². The average Bonchev–Trinajstić information content (AvgIpc) is 3.15. The fourth-order valence-electron chi connectivity index (χ4n) is 2.96. The SMILES string of the molecule is Cc1ccc2[nH]cc(CCN(CC3CC3)C(C)C)c2c1. The van der Waals surface area contributed by atoms with Crippen LogP contribution >= 0.6 is 0 Å². The van der Waals surface area contributed by atoms with E-state index in [9.17, 15) is 0 Å². The van der Waals surface area contributed by atoms with Gasteiger partial charge in [0.2, 0.25) is 0 Å². The Kier molecular flexibility index (Phi) is 3.84. The first-order chi connectivity index (χ1) is 9.63. The maximum atomic E-state index is 3.40. The van der Waals surface area contributed by atoms with E-state index in [1.54, 1.807) is 0 Å². The van der Waals surface area contributed by atoms with E-state index in [4.69, 9.17) is 0 Å². The summed E-state index contributed by atoms with van der Waals surface area (Å²) >= 11 is 0. The predicted molar refractivity (Wildman–Crippen MR) is 86.2 cm³/mol. The quantitative estimate of drug-likeness (QED) is 0.836. The maximum Gasteiger partial charge on any atom is 0.0456 e. The molecule has 0 spiro atoms. The summed E-state index contributed by atoms with van der Waals surface area (Å²) < 4.78 is 0. The Hall–Kier alpha value is -1.28. The molecular weight excluding hydrogens is 244 g/mol. The molecule has 0 amide bonds. The highest BCUT2D eigenvalue weighted by atomic mass is 15.1. The van der Waals surface area contributed by atoms with Crippen LogP contribution in [0.25, 0.3) is 10.9 Å². The number of aromatic amines is 1. The summed E-state index contributed by atoms with van der Waals surface area (Å²) in [5, 5.41) is 1.40. The number of aryl methyl sites for hydroxylation is 1. The molecule has 1 aromatic heterocycles. The molecule has 0 radical (unpaired) electrons. The summed E-state index contributed by atoms with van der Waals surface area (Å²) in [6.45, 7) is 9.28. The second-order valence-electron chi connectivity index (χ2n) is 6.65. The summed E-state index contributed by atoms with van der Waals surface area (Å²) in [7, 11) is 0. The summed E-state index contributed by atoms with van der Waals surface area (Å²) in [5.41, 5.74) is 4.08. The molecule has 1 saturated carbocycles. The van der Waals surface area contributed by atoms with Crippen molar-refractivity contribution in [1.82, 2.24) is 9.88 Å². The van der Waals surface area contributed by atoms with Gasteiger partial charge in [-0.15, -0.1) is 0 Å². The normalized spacial score (nSPS) is 15.7. The number of hydrogen-bond donors (Lipinski definition) is 1. The topological polar surface area (TPSA) is 19.0 Å². The minimum absolute atomic E-state index is 0.655. The van der Waals surface area contributed by atoms with Crippen LogP contribution in [0.15, 0.2) is 24.4 Å². The summed E-state index contributed by atoms with van der Waals surface area (Å²) in [6.07, 6.45) is 6.22. The zero-order chi connectivity index (χ0) is 14.1. The van der Waals surface area contributed by atoms with Crippen LogP contribution in [0.3, 0.4) is 0 Å². The molecule has 0 atom stereocenters. The van der Waals surface area contributed by atoms with Crippen molar-refractivity contribution in [2.45, 2.75) is 46.1 Å². The maximum absolute atomic E-state index is 3.40. The Morgan fingerprint density at radius 2 is 2.10 bits per heavy atom. The molecule has 2 aromatic rings. The first-order valence-electron chi connectivity index (χ1n) is 7.94. The lowest BCUT2D eigenvalue weighted by Gasteiger charge is -2.26. The van der Waals surface area contributed by atoms with Crippen molar-refractivity contribution < 1.29 is 0 Å². The van der Waals surface area contributed by atoms with Gasteiger partial charge >= 0.3 is 0 Å². The van der Waals surface area contributed by atoms with Gasteiger partial charge in [0.15, 0.2) is 0 Å². The molecule has 1 aromatic carbocycles. The number of nitrogens with one attached hydrogen (secondary N) is 1. The molecule has 0 unspecified atom stereocenters. The number of hydrogen-bond acceptors (Lipinski definition) is 1. The third-order valence-electron chi connectivity index (χ3n) is 4.51. The largest absolute Gasteiger partial charge is 0.361 e. The van der Waals surface area contributed by atoms with Gasteiger partial charge in [-0.3, -0.25) is 0 Å². The van der Waals surface area contributed by atoms with Crippen LogP contribution in [0.2, 0.25) is 0 Å². The second-order valence-corrected chi connectivity index (χ2v) is 6.65. The van der Waals surface area contributed by atoms with Crippen LogP contribution in [0.1, 0.15) is 37.8 Å². The highest BCUT2D eigenvalue weighted by molar-refractivity contribution is 5.83. The number of benzene rings is 1. The summed E-state index contributed by atoms with van der Waals surface area (Å²) in [4.78, 5) is 6.05. The Morgan fingerprint density at radius 3 is 2.80 bits per heavy atom. The van der Waals surface area contributed by atoms with Gasteiger partial charge in [0.05, 0.1) is 0 Å². The minimum Gasteiger partial charge on any atom is -0.361 e. The van der Waals surface area contributed by atoms with E-state index in [1.807, 2.05) is 0 Å². The average molecular weight is 270 g/mol. The highest BCUT2D eigenvalue weighted by Gasteiger charge is 2.25. The Morgan fingerprint density at radius 1 is 1.30 bits per heavy atom. The van der Waals surface area contributed by atoms with Crippen LogP contribution in [0, 0.1) is 12.8 Å². The van der Waals surface area contributed by atoms with E-state index in [0.29, 0.717) is 6.04 Å². The van der Waals surface area contributed by atoms with Gasteiger partial charge in [-0.1, -0.05) is 11.6 Å². The third-order valence-corrected chi connectivity index (χ3v) is 4.51. The molecule has 0 bridgehead atoms. The molecule has 2 heteroatoms. The Balaban J connectivity index is 1.70. The zero-order valence-electron chi connectivity index (χ0n) is 12.9. The van der Waals surface area contributed by atoms with E-state index in [2.05, 4.69) is 55.1 Å². The van der Waals surface area contributed by atoms with Crippen molar-refractivity contribution in [3.05, 3.63) is 35.5 Å². The number of aromatic nitrogens is 1. The van der Waals surface area contributed by atoms with Crippen LogP contribution in [-0.4, -0.2) is 29.0 Å². The van der Waals surface area contributed by atoms with E-state index in [1.165, 1.54) is 48.0 Å². The first-order valence-corrected chi connectivity index (χ1v) is 7.94. The van der Waals surface area contributed by atoms with E-state index in [0.717, 1.165) is 12.3 Å². The second kappa shape index (κ2) is 5.61. The van der Waals surface area contributed by atoms with Gasteiger partial charge in [0.1, 0.15) is 0 Å². The van der Waals surface area contributed by atoms with Crippen molar-refractivity contribution in [2.75, 3.05) is 13.1 Å². The van der Waals surface area contributed by atoms with Gasteiger partial charge < -0.3 is 9.88 Å².